The second-order valence-corrected chi connectivity index (χ2v) is 8.12. The van der Waals surface area contributed by atoms with Gasteiger partial charge in [-0.15, -0.1) is 0 Å². The molecule has 0 aliphatic carbocycles. The number of aromatic nitrogens is 1. The Hall–Kier alpha value is -4.40. The fourth-order valence-corrected chi connectivity index (χ4v) is 3.61. The molecule has 184 valence electrons. The number of amides is 1. The Kier molecular flexibility index (Phi) is 6.91. The minimum Gasteiger partial charge on any atom is -0.452 e. The van der Waals surface area contributed by atoms with Gasteiger partial charge in [0.05, 0.1) is 23.0 Å². The molecule has 0 fully saturated rings. The first-order valence-electron chi connectivity index (χ1n) is 11.0. The van der Waals surface area contributed by atoms with E-state index in [0.29, 0.717) is 5.56 Å². The van der Waals surface area contributed by atoms with Gasteiger partial charge in [-0.1, -0.05) is 36.4 Å². The summed E-state index contributed by atoms with van der Waals surface area (Å²) in [6.07, 6.45) is -3.27. The molecule has 1 N–H and O–H groups in total. The van der Waals surface area contributed by atoms with Gasteiger partial charge in [0, 0.05) is 16.6 Å². The van der Waals surface area contributed by atoms with Crippen molar-refractivity contribution >= 4 is 34.7 Å². The SMILES string of the molecule is Cc1[nH]c2ccc(C(=O)OCC(=O)N(N=Cc3ccccc3)c3cccc(C(F)(F)F)c3)cc2c1C. The first-order chi connectivity index (χ1) is 17.1. The van der Waals surface area contributed by atoms with E-state index >= 15 is 0 Å². The van der Waals surface area contributed by atoms with Crippen molar-refractivity contribution in [2.75, 3.05) is 11.6 Å². The summed E-state index contributed by atoms with van der Waals surface area (Å²) in [5.41, 5.74) is 2.65. The molecule has 6 nitrogen and oxygen atoms in total. The lowest BCUT2D eigenvalue weighted by Crippen LogP contribution is -2.31. The molecule has 3 aromatic carbocycles. The van der Waals surface area contributed by atoms with Gasteiger partial charge in [-0.3, -0.25) is 4.79 Å². The first-order valence-corrected chi connectivity index (χ1v) is 11.0. The van der Waals surface area contributed by atoms with Crippen LogP contribution in [0.15, 0.2) is 77.9 Å². The van der Waals surface area contributed by atoms with Gasteiger partial charge >= 0.3 is 12.1 Å². The number of aryl methyl sites for hydroxylation is 2. The predicted molar refractivity (Wildman–Crippen MR) is 131 cm³/mol. The molecule has 4 aromatic rings. The second kappa shape index (κ2) is 10.1. The third-order valence-corrected chi connectivity index (χ3v) is 5.65. The molecule has 0 bridgehead atoms. The number of ether oxygens (including phenoxy) is 1. The molecule has 4 rings (SSSR count). The number of H-pyrrole nitrogens is 1. The van der Waals surface area contributed by atoms with E-state index < -0.39 is 30.2 Å². The summed E-state index contributed by atoms with van der Waals surface area (Å²) in [4.78, 5) is 28.8. The number of aromatic amines is 1. The van der Waals surface area contributed by atoms with Crippen LogP contribution in [0.1, 0.15) is 32.7 Å². The van der Waals surface area contributed by atoms with Crippen LogP contribution in [-0.2, 0) is 15.7 Å². The number of anilines is 1. The van der Waals surface area contributed by atoms with Gasteiger partial charge in [-0.2, -0.15) is 23.3 Å². The molecule has 0 atom stereocenters. The Labute approximate surface area is 205 Å². The van der Waals surface area contributed by atoms with E-state index in [2.05, 4.69) is 10.1 Å². The zero-order valence-corrected chi connectivity index (χ0v) is 19.5. The van der Waals surface area contributed by atoms with Crippen molar-refractivity contribution in [1.82, 2.24) is 4.98 Å². The maximum absolute atomic E-state index is 13.3. The number of nitrogens with zero attached hydrogens (tertiary/aromatic N) is 2. The molecule has 0 saturated carbocycles. The normalized spacial score (nSPS) is 11.7. The fourth-order valence-electron chi connectivity index (χ4n) is 3.61. The van der Waals surface area contributed by atoms with Gasteiger partial charge in [0.1, 0.15) is 0 Å². The molecule has 0 saturated heterocycles. The highest BCUT2D eigenvalue weighted by atomic mass is 19.4. The van der Waals surface area contributed by atoms with Crippen molar-refractivity contribution in [2.24, 2.45) is 5.10 Å². The molecule has 0 aliphatic rings. The average molecular weight is 493 g/mol. The zero-order valence-electron chi connectivity index (χ0n) is 19.5. The molecule has 1 amide bonds. The summed E-state index contributed by atoms with van der Waals surface area (Å²) in [5.74, 6) is -1.55. The zero-order chi connectivity index (χ0) is 25.9. The first kappa shape index (κ1) is 24.7. The van der Waals surface area contributed by atoms with Crippen molar-refractivity contribution in [3.63, 3.8) is 0 Å². The smallest absolute Gasteiger partial charge is 0.416 e. The highest BCUT2D eigenvalue weighted by Crippen LogP contribution is 2.32. The van der Waals surface area contributed by atoms with Gasteiger partial charge in [-0.05, 0) is 61.4 Å². The van der Waals surface area contributed by atoms with Crippen molar-refractivity contribution in [1.29, 1.82) is 0 Å². The van der Waals surface area contributed by atoms with Crippen LogP contribution < -0.4 is 5.01 Å². The van der Waals surface area contributed by atoms with Crippen LogP contribution in [0.4, 0.5) is 18.9 Å². The van der Waals surface area contributed by atoms with Crippen molar-refractivity contribution in [3.8, 4) is 0 Å². The van der Waals surface area contributed by atoms with Crippen LogP contribution >= 0.6 is 0 Å². The summed E-state index contributed by atoms with van der Waals surface area (Å²) < 4.78 is 45.0. The number of carbonyl (C=O) groups excluding carboxylic acids is 2. The summed E-state index contributed by atoms with van der Waals surface area (Å²) in [7, 11) is 0. The van der Waals surface area contributed by atoms with E-state index in [4.69, 9.17) is 4.74 Å². The van der Waals surface area contributed by atoms with E-state index in [9.17, 15) is 22.8 Å². The lowest BCUT2D eigenvalue weighted by Gasteiger charge is -2.18. The van der Waals surface area contributed by atoms with Crippen LogP contribution in [0.3, 0.4) is 0 Å². The molecule has 0 aliphatic heterocycles. The maximum Gasteiger partial charge on any atom is 0.416 e. The Morgan fingerprint density at radius 2 is 1.75 bits per heavy atom. The predicted octanol–water partition coefficient (Wildman–Crippen LogP) is 6.03. The number of nitrogens with one attached hydrogen (secondary N) is 1. The second-order valence-electron chi connectivity index (χ2n) is 8.12. The topological polar surface area (TPSA) is 74.8 Å². The number of esters is 1. The summed E-state index contributed by atoms with van der Waals surface area (Å²) in [6, 6.07) is 17.9. The standard InChI is InChI=1S/C27H22F3N3O3/c1-17-18(2)32-24-12-11-20(13-23(17)24)26(35)36-16-25(34)33(31-15-19-7-4-3-5-8-19)22-10-6-9-21(14-22)27(28,29)30/h3-15,32H,16H2,1-2H3. The number of benzene rings is 3. The maximum atomic E-state index is 13.3. The quantitative estimate of drug-likeness (QED) is 0.203. The van der Waals surface area contributed by atoms with Crippen LogP contribution in [-0.4, -0.2) is 29.7 Å². The van der Waals surface area contributed by atoms with Crippen LogP contribution in [0.25, 0.3) is 10.9 Å². The van der Waals surface area contributed by atoms with Gasteiger partial charge in [0.25, 0.3) is 5.91 Å². The number of alkyl halides is 3. The monoisotopic (exact) mass is 493 g/mol. The van der Waals surface area contributed by atoms with Gasteiger partial charge in [0.2, 0.25) is 0 Å². The molecular formula is C27H22F3N3O3. The van der Waals surface area contributed by atoms with Crippen molar-refractivity contribution < 1.29 is 27.5 Å². The summed E-state index contributed by atoms with van der Waals surface area (Å²) in [5, 5.41) is 5.73. The van der Waals surface area contributed by atoms with Crippen molar-refractivity contribution in [2.45, 2.75) is 20.0 Å². The third kappa shape index (κ3) is 5.46. The van der Waals surface area contributed by atoms with E-state index in [-0.39, 0.29) is 11.3 Å². The van der Waals surface area contributed by atoms with Gasteiger partial charge in [-0.25, -0.2) is 4.79 Å². The molecule has 0 spiro atoms. The number of halogens is 3. The van der Waals surface area contributed by atoms with Crippen LogP contribution in [0.2, 0.25) is 0 Å². The molecule has 9 heteroatoms. The minimum atomic E-state index is -4.60. The number of fused-ring (bicyclic) bond motifs is 1. The molecule has 36 heavy (non-hydrogen) atoms. The average Bonchev–Trinajstić information content (AvgIpc) is 3.15. The van der Waals surface area contributed by atoms with Gasteiger partial charge < -0.3 is 9.72 Å². The van der Waals surface area contributed by atoms with E-state index in [1.54, 1.807) is 48.5 Å². The van der Waals surface area contributed by atoms with Gasteiger partial charge in [0.15, 0.2) is 6.61 Å². The molecule has 0 unspecified atom stereocenters. The number of hydrazone groups is 1. The Balaban J connectivity index is 1.56. The minimum absolute atomic E-state index is 0.113. The molecule has 0 radical (unpaired) electrons. The molecule has 1 aromatic heterocycles. The third-order valence-electron chi connectivity index (χ3n) is 5.65. The molecular weight excluding hydrogens is 471 g/mol. The highest BCUT2D eigenvalue weighted by Gasteiger charge is 2.31. The summed E-state index contributed by atoms with van der Waals surface area (Å²) in [6.45, 7) is 3.12. The Morgan fingerprint density at radius 3 is 2.47 bits per heavy atom. The molecule has 1 heterocycles. The summed E-state index contributed by atoms with van der Waals surface area (Å²) >= 11 is 0. The van der Waals surface area contributed by atoms with Crippen molar-refractivity contribution in [3.05, 3.63) is 101 Å². The number of hydrogen-bond acceptors (Lipinski definition) is 4. The Bertz CT molecular complexity index is 1440. The van der Waals surface area contributed by atoms with Crippen LogP contribution in [0, 0.1) is 13.8 Å². The van der Waals surface area contributed by atoms with E-state index in [1.807, 2.05) is 13.8 Å². The lowest BCUT2D eigenvalue weighted by atomic mass is 10.1. The van der Waals surface area contributed by atoms with E-state index in [1.165, 1.54) is 18.3 Å². The van der Waals surface area contributed by atoms with Crippen LogP contribution in [0.5, 0.6) is 0 Å². The highest BCUT2D eigenvalue weighted by molar-refractivity contribution is 6.00. The van der Waals surface area contributed by atoms with E-state index in [0.717, 1.165) is 39.3 Å². The number of carbonyl (C=O) groups is 2. The Morgan fingerprint density at radius 1 is 1.00 bits per heavy atom. The lowest BCUT2D eigenvalue weighted by molar-refractivity contribution is -0.137. The largest absolute Gasteiger partial charge is 0.452 e. The fraction of sp³-hybridized carbons (Fsp3) is 0.148. The number of hydrogen-bond donors (Lipinski definition) is 1. The number of rotatable bonds is 6.